The summed E-state index contributed by atoms with van der Waals surface area (Å²) >= 11 is 0. The van der Waals surface area contributed by atoms with Crippen LogP contribution in [0.15, 0.2) is 24.3 Å². The number of benzene rings is 1. The molecule has 4 N–H and O–H groups in total. The highest BCUT2D eigenvalue weighted by atomic mass is 16.2. The fourth-order valence-corrected chi connectivity index (χ4v) is 2.52. The van der Waals surface area contributed by atoms with Gasteiger partial charge in [0.2, 0.25) is 17.7 Å². The minimum absolute atomic E-state index is 0.00862. The van der Waals surface area contributed by atoms with Crippen molar-refractivity contribution < 1.29 is 14.4 Å². The first-order valence-electron chi connectivity index (χ1n) is 8.08. The molecule has 1 atom stereocenters. The van der Waals surface area contributed by atoms with Gasteiger partial charge in [0.1, 0.15) is 0 Å². The Labute approximate surface area is 141 Å². The number of anilines is 1. The van der Waals surface area contributed by atoms with E-state index < -0.39 is 6.04 Å². The molecule has 130 valence electrons. The van der Waals surface area contributed by atoms with Gasteiger partial charge in [-0.2, -0.15) is 0 Å². The van der Waals surface area contributed by atoms with Crippen LogP contribution in [0.25, 0.3) is 0 Å². The zero-order valence-corrected chi connectivity index (χ0v) is 14.0. The third-order valence-corrected chi connectivity index (χ3v) is 4.03. The Morgan fingerprint density at radius 2 is 1.96 bits per heavy atom. The number of nitrogens with zero attached hydrogens (tertiary/aromatic N) is 1. The number of rotatable bonds is 7. The number of fused-ring (bicyclic) bond motifs is 1. The van der Waals surface area contributed by atoms with Crippen molar-refractivity contribution in [2.45, 2.75) is 26.3 Å². The van der Waals surface area contributed by atoms with Crippen LogP contribution in [0.4, 0.5) is 5.69 Å². The van der Waals surface area contributed by atoms with Gasteiger partial charge in [-0.3, -0.25) is 14.4 Å². The van der Waals surface area contributed by atoms with Gasteiger partial charge < -0.3 is 21.3 Å². The number of amides is 3. The molecule has 1 heterocycles. The lowest BCUT2D eigenvalue weighted by Gasteiger charge is -2.18. The van der Waals surface area contributed by atoms with E-state index in [0.717, 1.165) is 11.3 Å². The minimum atomic E-state index is -0.628. The quantitative estimate of drug-likeness (QED) is 0.643. The third-order valence-electron chi connectivity index (χ3n) is 4.03. The predicted octanol–water partition coefficient (Wildman–Crippen LogP) is -0.209. The monoisotopic (exact) mass is 332 g/mol. The number of carbonyl (C=O) groups excluding carboxylic acids is 3. The molecule has 7 nitrogen and oxygen atoms in total. The second-order valence-corrected chi connectivity index (χ2v) is 6.19. The summed E-state index contributed by atoms with van der Waals surface area (Å²) in [7, 11) is 0. The van der Waals surface area contributed by atoms with Crippen LogP contribution >= 0.6 is 0 Å². The summed E-state index contributed by atoms with van der Waals surface area (Å²) in [6, 6.07) is 6.99. The van der Waals surface area contributed by atoms with E-state index in [1.54, 1.807) is 4.90 Å². The largest absolute Gasteiger partial charge is 0.353 e. The minimum Gasteiger partial charge on any atom is -0.353 e. The molecular formula is C17H24N4O3. The van der Waals surface area contributed by atoms with Gasteiger partial charge in [-0.25, -0.2) is 0 Å². The van der Waals surface area contributed by atoms with Crippen LogP contribution in [0.1, 0.15) is 19.4 Å². The van der Waals surface area contributed by atoms with Crippen molar-refractivity contribution in [3.63, 3.8) is 0 Å². The van der Waals surface area contributed by atoms with Gasteiger partial charge in [0.25, 0.3) is 0 Å². The summed E-state index contributed by atoms with van der Waals surface area (Å²) in [5.41, 5.74) is 7.60. The van der Waals surface area contributed by atoms with Crippen LogP contribution < -0.4 is 21.3 Å². The Balaban J connectivity index is 1.74. The molecule has 0 unspecified atom stereocenters. The van der Waals surface area contributed by atoms with Crippen molar-refractivity contribution in [3.05, 3.63) is 29.8 Å². The summed E-state index contributed by atoms with van der Waals surface area (Å²) < 4.78 is 0. The van der Waals surface area contributed by atoms with Gasteiger partial charge in [0.15, 0.2) is 0 Å². The number of nitrogens with one attached hydrogen (secondary N) is 2. The van der Waals surface area contributed by atoms with Crippen molar-refractivity contribution in [1.82, 2.24) is 10.6 Å². The van der Waals surface area contributed by atoms with Crippen LogP contribution in [-0.2, 0) is 20.8 Å². The molecule has 1 aliphatic heterocycles. The van der Waals surface area contributed by atoms with Gasteiger partial charge in [0.05, 0.1) is 19.0 Å². The summed E-state index contributed by atoms with van der Waals surface area (Å²) in [5, 5.41) is 5.21. The lowest BCUT2D eigenvalue weighted by atomic mass is 10.1. The zero-order chi connectivity index (χ0) is 17.7. The number of hydrogen-bond donors (Lipinski definition) is 3. The maximum atomic E-state index is 12.0. The molecule has 0 aliphatic carbocycles. The first-order valence-corrected chi connectivity index (χ1v) is 8.08. The average molecular weight is 332 g/mol. The topological polar surface area (TPSA) is 105 Å². The molecule has 1 aromatic carbocycles. The molecule has 0 bridgehead atoms. The van der Waals surface area contributed by atoms with E-state index in [1.165, 1.54) is 0 Å². The van der Waals surface area contributed by atoms with Crippen LogP contribution in [0.5, 0.6) is 0 Å². The van der Waals surface area contributed by atoms with Gasteiger partial charge in [0, 0.05) is 18.8 Å². The molecule has 24 heavy (non-hydrogen) atoms. The Morgan fingerprint density at radius 3 is 2.67 bits per heavy atom. The molecule has 0 radical (unpaired) electrons. The van der Waals surface area contributed by atoms with Crippen molar-refractivity contribution >= 4 is 23.4 Å². The molecule has 1 aromatic rings. The van der Waals surface area contributed by atoms with E-state index in [-0.39, 0.29) is 30.2 Å². The predicted molar refractivity (Wildman–Crippen MR) is 91.3 cm³/mol. The fraction of sp³-hybridized carbons (Fsp3) is 0.471. The van der Waals surface area contributed by atoms with Gasteiger partial charge in [-0.15, -0.1) is 0 Å². The Morgan fingerprint density at radius 1 is 1.25 bits per heavy atom. The summed E-state index contributed by atoms with van der Waals surface area (Å²) in [6.45, 7) is 4.29. The fourth-order valence-electron chi connectivity index (χ4n) is 2.52. The number of hydrogen-bond acceptors (Lipinski definition) is 4. The molecule has 0 saturated carbocycles. The maximum absolute atomic E-state index is 12.0. The van der Waals surface area contributed by atoms with E-state index in [4.69, 9.17) is 5.73 Å². The Kier molecular flexibility index (Phi) is 5.92. The second-order valence-electron chi connectivity index (χ2n) is 6.19. The van der Waals surface area contributed by atoms with E-state index in [9.17, 15) is 14.4 Å². The number of para-hydroxylation sites is 1. The Bertz CT molecular complexity index is 630. The smallest absolute Gasteiger partial charge is 0.239 e. The molecule has 0 saturated heterocycles. The summed E-state index contributed by atoms with van der Waals surface area (Å²) in [4.78, 5) is 37.1. The number of nitrogens with two attached hydrogens (primary N) is 1. The number of carbonyl (C=O) groups is 3. The van der Waals surface area contributed by atoms with E-state index in [2.05, 4.69) is 10.6 Å². The normalized spacial score (nSPS) is 14.5. The van der Waals surface area contributed by atoms with Gasteiger partial charge in [-0.1, -0.05) is 32.0 Å². The third kappa shape index (κ3) is 4.32. The van der Waals surface area contributed by atoms with E-state index >= 15 is 0 Å². The van der Waals surface area contributed by atoms with E-state index in [1.807, 2.05) is 38.1 Å². The van der Waals surface area contributed by atoms with Gasteiger partial charge >= 0.3 is 0 Å². The SMILES string of the molecule is CC(C)[C@H](N)C(=O)NCC(=O)NCCN1C(=O)Cc2ccccc21. The Hall–Kier alpha value is -2.41. The molecule has 0 spiro atoms. The standard InChI is InChI=1S/C17H24N4O3/c1-11(2)16(18)17(24)20-10-14(22)19-7-8-21-13-6-4-3-5-12(13)9-15(21)23/h3-6,11,16H,7-10,18H2,1-2H3,(H,19,22)(H,20,24)/t16-/m0/s1. The van der Waals surface area contributed by atoms with Crippen molar-refractivity contribution in [2.24, 2.45) is 11.7 Å². The maximum Gasteiger partial charge on any atom is 0.239 e. The highest BCUT2D eigenvalue weighted by Crippen LogP contribution is 2.27. The van der Waals surface area contributed by atoms with Crippen molar-refractivity contribution in [1.29, 1.82) is 0 Å². The van der Waals surface area contributed by atoms with Crippen LogP contribution in [-0.4, -0.2) is 43.4 Å². The molecule has 0 fully saturated rings. The summed E-state index contributed by atoms with van der Waals surface area (Å²) in [5.74, 6) is -0.612. The zero-order valence-electron chi connectivity index (χ0n) is 14.0. The lowest BCUT2D eigenvalue weighted by molar-refractivity contribution is -0.127. The molecule has 2 rings (SSSR count). The summed E-state index contributed by atoms with van der Waals surface area (Å²) in [6.07, 6.45) is 0.396. The van der Waals surface area contributed by atoms with Crippen LogP contribution in [0.3, 0.4) is 0 Å². The van der Waals surface area contributed by atoms with Crippen molar-refractivity contribution in [3.8, 4) is 0 Å². The molecular weight excluding hydrogens is 308 g/mol. The lowest BCUT2D eigenvalue weighted by Crippen LogP contribution is -2.47. The molecule has 7 heteroatoms. The van der Waals surface area contributed by atoms with Gasteiger partial charge in [-0.05, 0) is 17.5 Å². The highest BCUT2D eigenvalue weighted by molar-refractivity contribution is 6.01. The molecule has 1 aliphatic rings. The molecule has 3 amide bonds. The highest BCUT2D eigenvalue weighted by Gasteiger charge is 2.26. The van der Waals surface area contributed by atoms with Crippen molar-refractivity contribution in [2.75, 3.05) is 24.5 Å². The first-order chi connectivity index (χ1) is 11.4. The molecule has 0 aromatic heterocycles. The van der Waals surface area contributed by atoms with Crippen LogP contribution in [0, 0.1) is 5.92 Å². The second kappa shape index (κ2) is 7.92. The van der Waals surface area contributed by atoms with Crippen LogP contribution in [0.2, 0.25) is 0 Å². The average Bonchev–Trinajstić information content (AvgIpc) is 2.87. The first kappa shape index (κ1) is 17.9. The van der Waals surface area contributed by atoms with E-state index in [0.29, 0.717) is 19.5 Å².